The average molecular weight is 379 g/mol. The van der Waals surface area contributed by atoms with Gasteiger partial charge in [-0.05, 0) is 23.6 Å². The van der Waals surface area contributed by atoms with E-state index >= 15 is 0 Å². The molecule has 2 aromatic rings. The molecule has 28 heavy (non-hydrogen) atoms. The highest BCUT2D eigenvalue weighted by Crippen LogP contribution is 2.17. The number of anilines is 2. The summed E-state index contributed by atoms with van der Waals surface area (Å²) in [6.45, 7) is 9.02. The Kier molecular flexibility index (Phi) is 7.20. The SMILES string of the molecule is CC(C)CC(=O)Nc1ccc(N2CCN(C/C=C/c3ccccc3)CC2)nc1. The highest BCUT2D eigenvalue weighted by atomic mass is 16.1. The van der Waals surface area contributed by atoms with Gasteiger partial charge in [-0.15, -0.1) is 0 Å². The largest absolute Gasteiger partial charge is 0.354 e. The second-order valence-electron chi connectivity index (χ2n) is 7.65. The van der Waals surface area contributed by atoms with Gasteiger partial charge in [0.1, 0.15) is 5.82 Å². The number of pyridine rings is 1. The van der Waals surface area contributed by atoms with Crippen molar-refractivity contribution in [1.29, 1.82) is 0 Å². The summed E-state index contributed by atoms with van der Waals surface area (Å²) in [5.41, 5.74) is 2.00. The third-order valence-corrected chi connectivity index (χ3v) is 4.80. The van der Waals surface area contributed by atoms with E-state index in [1.54, 1.807) is 6.20 Å². The number of aromatic nitrogens is 1. The summed E-state index contributed by atoms with van der Waals surface area (Å²) < 4.78 is 0. The summed E-state index contributed by atoms with van der Waals surface area (Å²) in [5, 5.41) is 2.91. The van der Waals surface area contributed by atoms with Crippen LogP contribution in [0.15, 0.2) is 54.7 Å². The minimum absolute atomic E-state index is 0.0433. The van der Waals surface area contributed by atoms with Crippen molar-refractivity contribution in [1.82, 2.24) is 9.88 Å². The molecule has 0 radical (unpaired) electrons. The topological polar surface area (TPSA) is 48.5 Å². The Morgan fingerprint density at radius 3 is 2.50 bits per heavy atom. The Morgan fingerprint density at radius 2 is 1.86 bits per heavy atom. The molecule has 1 aromatic carbocycles. The number of rotatable bonds is 7. The predicted octanol–water partition coefficient (Wildman–Crippen LogP) is 3.90. The Labute approximate surface area is 168 Å². The monoisotopic (exact) mass is 378 g/mol. The molecule has 148 valence electrons. The molecule has 0 aliphatic carbocycles. The number of benzene rings is 1. The second-order valence-corrected chi connectivity index (χ2v) is 7.65. The van der Waals surface area contributed by atoms with Crippen molar-refractivity contribution >= 4 is 23.5 Å². The minimum Gasteiger partial charge on any atom is -0.354 e. The Morgan fingerprint density at radius 1 is 1.11 bits per heavy atom. The smallest absolute Gasteiger partial charge is 0.224 e. The first-order chi connectivity index (χ1) is 13.6. The minimum atomic E-state index is 0.0433. The number of nitrogens with one attached hydrogen (secondary N) is 1. The maximum atomic E-state index is 11.9. The number of nitrogens with zero attached hydrogens (tertiary/aromatic N) is 3. The van der Waals surface area contributed by atoms with Crippen molar-refractivity contribution < 1.29 is 4.79 Å². The van der Waals surface area contributed by atoms with E-state index in [4.69, 9.17) is 0 Å². The fourth-order valence-electron chi connectivity index (χ4n) is 3.29. The molecule has 0 atom stereocenters. The van der Waals surface area contributed by atoms with Crippen molar-refractivity contribution in [2.24, 2.45) is 5.92 Å². The number of hydrogen-bond acceptors (Lipinski definition) is 4. The Bertz CT molecular complexity index is 763. The van der Waals surface area contributed by atoms with Crippen LogP contribution in [0.25, 0.3) is 6.08 Å². The number of carbonyl (C=O) groups is 1. The third-order valence-electron chi connectivity index (χ3n) is 4.80. The van der Waals surface area contributed by atoms with Crippen molar-refractivity contribution in [3.05, 3.63) is 60.3 Å². The normalized spacial score (nSPS) is 15.3. The number of piperazine rings is 1. The molecule has 1 aromatic heterocycles. The van der Waals surface area contributed by atoms with E-state index < -0.39 is 0 Å². The van der Waals surface area contributed by atoms with Gasteiger partial charge in [0.2, 0.25) is 5.91 Å². The predicted molar refractivity (Wildman–Crippen MR) is 116 cm³/mol. The maximum absolute atomic E-state index is 11.9. The second kappa shape index (κ2) is 10.0. The summed E-state index contributed by atoms with van der Waals surface area (Å²) in [6, 6.07) is 14.3. The van der Waals surface area contributed by atoms with Crippen molar-refractivity contribution in [3.63, 3.8) is 0 Å². The highest BCUT2D eigenvalue weighted by molar-refractivity contribution is 5.90. The molecule has 3 rings (SSSR count). The van der Waals surface area contributed by atoms with Crippen LogP contribution in [0.3, 0.4) is 0 Å². The van der Waals surface area contributed by atoms with Gasteiger partial charge in [-0.2, -0.15) is 0 Å². The van der Waals surface area contributed by atoms with Crippen LogP contribution in [0.5, 0.6) is 0 Å². The van der Waals surface area contributed by atoms with E-state index in [0.717, 1.165) is 44.2 Å². The molecule has 1 amide bonds. The van der Waals surface area contributed by atoms with Crippen LogP contribution in [0.1, 0.15) is 25.8 Å². The molecule has 2 heterocycles. The molecule has 0 unspecified atom stereocenters. The van der Waals surface area contributed by atoms with Gasteiger partial charge in [-0.1, -0.05) is 56.3 Å². The van der Waals surface area contributed by atoms with Crippen LogP contribution in [0, 0.1) is 5.92 Å². The van der Waals surface area contributed by atoms with E-state index in [2.05, 4.69) is 56.5 Å². The molecule has 1 aliphatic rings. The first-order valence-electron chi connectivity index (χ1n) is 10.0. The summed E-state index contributed by atoms with van der Waals surface area (Å²) in [6.07, 6.45) is 6.70. The van der Waals surface area contributed by atoms with Gasteiger partial charge in [-0.3, -0.25) is 9.69 Å². The first kappa shape index (κ1) is 20.1. The van der Waals surface area contributed by atoms with Gasteiger partial charge in [-0.25, -0.2) is 4.98 Å². The Hall–Kier alpha value is -2.66. The summed E-state index contributed by atoms with van der Waals surface area (Å²) in [5.74, 6) is 1.37. The lowest BCUT2D eigenvalue weighted by Gasteiger charge is -2.34. The highest BCUT2D eigenvalue weighted by Gasteiger charge is 2.17. The molecule has 0 saturated carbocycles. The van der Waals surface area contributed by atoms with E-state index in [1.165, 1.54) is 5.56 Å². The summed E-state index contributed by atoms with van der Waals surface area (Å²) >= 11 is 0. The van der Waals surface area contributed by atoms with Gasteiger partial charge < -0.3 is 10.2 Å². The standard InChI is InChI=1S/C23H30N4O/c1-19(2)17-23(28)25-21-10-11-22(24-18-21)27-15-13-26(14-16-27)12-6-9-20-7-4-3-5-8-20/h3-11,18-19H,12-17H2,1-2H3,(H,25,28)/b9-6+. The van der Waals surface area contributed by atoms with Crippen LogP contribution in [-0.2, 0) is 4.79 Å². The van der Waals surface area contributed by atoms with Crippen molar-refractivity contribution in [3.8, 4) is 0 Å². The molecule has 0 bridgehead atoms. The molecule has 1 fully saturated rings. The van der Waals surface area contributed by atoms with E-state index in [-0.39, 0.29) is 5.91 Å². The molecule has 1 aliphatic heterocycles. The van der Waals surface area contributed by atoms with Gasteiger partial charge in [0.05, 0.1) is 11.9 Å². The van der Waals surface area contributed by atoms with Crippen LogP contribution < -0.4 is 10.2 Å². The van der Waals surface area contributed by atoms with Crippen LogP contribution in [0.4, 0.5) is 11.5 Å². The summed E-state index contributed by atoms with van der Waals surface area (Å²) in [7, 11) is 0. The lowest BCUT2D eigenvalue weighted by molar-refractivity contribution is -0.116. The van der Waals surface area contributed by atoms with Crippen molar-refractivity contribution in [2.75, 3.05) is 42.9 Å². The zero-order chi connectivity index (χ0) is 19.8. The molecular formula is C23H30N4O. The van der Waals surface area contributed by atoms with Crippen molar-refractivity contribution in [2.45, 2.75) is 20.3 Å². The fourth-order valence-corrected chi connectivity index (χ4v) is 3.29. The molecular weight excluding hydrogens is 348 g/mol. The summed E-state index contributed by atoms with van der Waals surface area (Å²) in [4.78, 5) is 21.2. The zero-order valence-electron chi connectivity index (χ0n) is 16.8. The fraction of sp³-hybridized carbons (Fsp3) is 0.391. The van der Waals surface area contributed by atoms with Gasteiger partial charge >= 0.3 is 0 Å². The van der Waals surface area contributed by atoms with Crippen LogP contribution in [-0.4, -0.2) is 48.5 Å². The van der Waals surface area contributed by atoms with Gasteiger partial charge in [0.25, 0.3) is 0 Å². The molecule has 5 nitrogen and oxygen atoms in total. The molecule has 1 saturated heterocycles. The molecule has 0 spiro atoms. The van der Waals surface area contributed by atoms with Crippen LogP contribution >= 0.6 is 0 Å². The van der Waals surface area contributed by atoms with E-state index in [1.807, 2.05) is 32.0 Å². The zero-order valence-corrected chi connectivity index (χ0v) is 16.8. The molecule has 1 N–H and O–H groups in total. The first-order valence-corrected chi connectivity index (χ1v) is 10.0. The lowest BCUT2D eigenvalue weighted by atomic mass is 10.1. The number of carbonyl (C=O) groups excluding carboxylic acids is 1. The van der Waals surface area contributed by atoms with Gasteiger partial charge in [0.15, 0.2) is 0 Å². The maximum Gasteiger partial charge on any atom is 0.224 e. The lowest BCUT2D eigenvalue weighted by Crippen LogP contribution is -2.46. The quantitative estimate of drug-likeness (QED) is 0.794. The third kappa shape index (κ3) is 6.20. The van der Waals surface area contributed by atoms with E-state index in [9.17, 15) is 4.79 Å². The van der Waals surface area contributed by atoms with E-state index in [0.29, 0.717) is 12.3 Å². The molecule has 5 heteroatoms. The van der Waals surface area contributed by atoms with Crippen LogP contribution in [0.2, 0.25) is 0 Å². The average Bonchev–Trinajstić information content (AvgIpc) is 2.69. The number of amides is 1. The number of hydrogen-bond donors (Lipinski definition) is 1. The Balaban J connectivity index is 1.44. The van der Waals surface area contributed by atoms with Gasteiger partial charge in [0, 0.05) is 39.1 Å².